The standard InChI is InChI=1S/C17H19N7O3S/c25-17(23-15-6-7-16(20-10-15)24-13-18-12-21-24)19-8-9-22-28(26,27)11-14-4-2-1-3-5-14/h1-7,10,12-13,22H,8-9,11H2,(H2,19,23,25). The second-order valence-electron chi connectivity index (χ2n) is 5.77. The van der Waals surface area contributed by atoms with E-state index in [-0.39, 0.29) is 18.8 Å². The van der Waals surface area contributed by atoms with E-state index in [1.807, 2.05) is 6.07 Å². The van der Waals surface area contributed by atoms with Crippen molar-refractivity contribution in [2.45, 2.75) is 5.75 Å². The van der Waals surface area contributed by atoms with Gasteiger partial charge < -0.3 is 10.6 Å². The number of anilines is 1. The summed E-state index contributed by atoms with van der Waals surface area (Å²) in [5, 5.41) is 9.15. The molecule has 2 heterocycles. The molecule has 2 aromatic heterocycles. The first-order chi connectivity index (χ1) is 13.5. The van der Waals surface area contributed by atoms with Crippen LogP contribution in [0.1, 0.15) is 5.56 Å². The summed E-state index contributed by atoms with van der Waals surface area (Å²) in [6.07, 6.45) is 4.40. The van der Waals surface area contributed by atoms with Crippen molar-refractivity contribution in [3.8, 4) is 5.82 Å². The van der Waals surface area contributed by atoms with Crippen LogP contribution >= 0.6 is 0 Å². The Morgan fingerprint density at radius 1 is 1.07 bits per heavy atom. The van der Waals surface area contributed by atoms with E-state index in [2.05, 4.69) is 30.4 Å². The summed E-state index contributed by atoms with van der Waals surface area (Å²) in [6.45, 7) is 0.233. The topological polar surface area (TPSA) is 131 Å². The molecule has 3 aromatic rings. The van der Waals surface area contributed by atoms with Crippen LogP contribution in [0.15, 0.2) is 61.3 Å². The maximum atomic E-state index is 12.0. The molecule has 0 bridgehead atoms. The Bertz CT molecular complexity index is 991. The second-order valence-corrected chi connectivity index (χ2v) is 7.57. The highest BCUT2D eigenvalue weighted by Gasteiger charge is 2.11. The van der Waals surface area contributed by atoms with Crippen LogP contribution in [0.2, 0.25) is 0 Å². The van der Waals surface area contributed by atoms with Gasteiger partial charge in [0.1, 0.15) is 12.7 Å². The van der Waals surface area contributed by atoms with Crippen LogP contribution in [0.4, 0.5) is 10.5 Å². The lowest BCUT2D eigenvalue weighted by Gasteiger charge is -2.09. The molecule has 0 aliphatic carbocycles. The highest BCUT2D eigenvalue weighted by molar-refractivity contribution is 7.88. The van der Waals surface area contributed by atoms with E-state index in [0.29, 0.717) is 17.1 Å². The summed E-state index contributed by atoms with van der Waals surface area (Å²) < 4.78 is 28.0. The van der Waals surface area contributed by atoms with Gasteiger partial charge in [-0.1, -0.05) is 30.3 Å². The number of pyridine rings is 1. The Morgan fingerprint density at radius 2 is 1.89 bits per heavy atom. The average molecular weight is 401 g/mol. The minimum atomic E-state index is -3.46. The number of sulfonamides is 1. The van der Waals surface area contributed by atoms with E-state index in [1.54, 1.807) is 36.4 Å². The quantitative estimate of drug-likeness (QED) is 0.481. The number of hydrogen-bond acceptors (Lipinski definition) is 6. The number of nitrogens with one attached hydrogen (secondary N) is 3. The summed E-state index contributed by atoms with van der Waals surface area (Å²) in [4.78, 5) is 19.9. The van der Waals surface area contributed by atoms with Gasteiger partial charge in [0.25, 0.3) is 0 Å². The van der Waals surface area contributed by atoms with Crippen molar-refractivity contribution in [1.82, 2.24) is 29.8 Å². The Hall–Kier alpha value is -3.31. The largest absolute Gasteiger partial charge is 0.337 e. The molecule has 0 spiro atoms. The Labute approximate surface area is 162 Å². The third-order valence-corrected chi connectivity index (χ3v) is 4.95. The van der Waals surface area contributed by atoms with Crippen molar-refractivity contribution in [2.24, 2.45) is 0 Å². The molecule has 2 amide bonds. The van der Waals surface area contributed by atoms with Crippen LogP contribution in [-0.2, 0) is 15.8 Å². The van der Waals surface area contributed by atoms with E-state index in [1.165, 1.54) is 23.5 Å². The van der Waals surface area contributed by atoms with Gasteiger partial charge in [-0.3, -0.25) is 0 Å². The van der Waals surface area contributed by atoms with E-state index in [0.717, 1.165) is 0 Å². The number of hydrogen-bond donors (Lipinski definition) is 3. The molecule has 0 saturated heterocycles. The van der Waals surface area contributed by atoms with E-state index in [9.17, 15) is 13.2 Å². The summed E-state index contributed by atoms with van der Waals surface area (Å²) in [7, 11) is -3.46. The smallest absolute Gasteiger partial charge is 0.319 e. The molecule has 1 aromatic carbocycles. The molecule has 146 valence electrons. The van der Waals surface area contributed by atoms with Crippen molar-refractivity contribution in [1.29, 1.82) is 0 Å². The van der Waals surface area contributed by atoms with Gasteiger partial charge in [0.15, 0.2) is 5.82 Å². The van der Waals surface area contributed by atoms with Crippen LogP contribution in [0.3, 0.4) is 0 Å². The van der Waals surface area contributed by atoms with Crippen LogP contribution in [0.25, 0.3) is 5.82 Å². The monoisotopic (exact) mass is 401 g/mol. The number of nitrogens with zero attached hydrogens (tertiary/aromatic N) is 4. The molecule has 0 aliphatic rings. The lowest BCUT2D eigenvalue weighted by molar-refractivity contribution is 0.252. The number of rotatable bonds is 8. The normalized spacial score (nSPS) is 11.1. The molecule has 0 saturated carbocycles. The molecule has 0 fully saturated rings. The molecule has 11 heteroatoms. The Balaban J connectivity index is 1.39. The van der Waals surface area contributed by atoms with Crippen LogP contribution < -0.4 is 15.4 Å². The first-order valence-electron chi connectivity index (χ1n) is 8.39. The fourth-order valence-electron chi connectivity index (χ4n) is 2.32. The molecule has 0 unspecified atom stereocenters. The lowest BCUT2D eigenvalue weighted by Crippen LogP contribution is -2.37. The summed E-state index contributed by atoms with van der Waals surface area (Å²) >= 11 is 0. The highest BCUT2D eigenvalue weighted by Crippen LogP contribution is 2.08. The number of carbonyl (C=O) groups is 1. The van der Waals surface area contributed by atoms with Gasteiger partial charge in [0, 0.05) is 13.1 Å². The summed E-state index contributed by atoms with van der Waals surface area (Å²) in [5.74, 6) is 0.459. The summed E-state index contributed by atoms with van der Waals surface area (Å²) in [5.41, 5.74) is 1.19. The number of carbonyl (C=O) groups excluding carboxylic acids is 1. The molecule has 10 nitrogen and oxygen atoms in total. The van der Waals surface area contributed by atoms with Gasteiger partial charge in [-0.25, -0.2) is 32.6 Å². The molecule has 28 heavy (non-hydrogen) atoms. The molecule has 0 atom stereocenters. The highest BCUT2D eigenvalue weighted by atomic mass is 32.2. The number of amides is 2. The third kappa shape index (κ3) is 5.86. The van der Waals surface area contributed by atoms with Crippen molar-refractivity contribution >= 4 is 21.7 Å². The Morgan fingerprint density at radius 3 is 2.57 bits per heavy atom. The molecule has 0 radical (unpaired) electrons. The Kier molecular flexibility index (Phi) is 6.29. The second kappa shape index (κ2) is 9.06. The fourth-order valence-corrected chi connectivity index (χ4v) is 3.47. The van der Waals surface area contributed by atoms with Crippen molar-refractivity contribution in [3.05, 3.63) is 66.9 Å². The fraction of sp³-hybridized carbons (Fsp3) is 0.176. The van der Waals surface area contributed by atoms with Gasteiger partial charge >= 0.3 is 6.03 Å². The van der Waals surface area contributed by atoms with Gasteiger partial charge in [-0.2, -0.15) is 5.10 Å². The zero-order chi connectivity index (χ0) is 19.8. The molecular formula is C17H19N7O3S. The first-order valence-corrected chi connectivity index (χ1v) is 10.0. The molecule has 3 rings (SSSR count). The van der Waals surface area contributed by atoms with Crippen molar-refractivity contribution in [2.75, 3.05) is 18.4 Å². The maximum Gasteiger partial charge on any atom is 0.319 e. The predicted octanol–water partition coefficient (Wildman–Crippen LogP) is 0.903. The molecule has 3 N–H and O–H groups in total. The van der Waals surface area contributed by atoms with E-state index >= 15 is 0 Å². The zero-order valence-corrected chi connectivity index (χ0v) is 15.6. The number of urea groups is 1. The lowest BCUT2D eigenvalue weighted by atomic mass is 10.2. The van der Waals surface area contributed by atoms with Gasteiger partial charge in [0.2, 0.25) is 10.0 Å². The number of aromatic nitrogens is 4. The molecule has 0 aliphatic heterocycles. The molecular weight excluding hydrogens is 382 g/mol. The zero-order valence-electron chi connectivity index (χ0n) is 14.8. The van der Waals surface area contributed by atoms with Crippen molar-refractivity contribution < 1.29 is 13.2 Å². The predicted molar refractivity (Wildman–Crippen MR) is 103 cm³/mol. The van der Waals surface area contributed by atoms with Gasteiger partial charge in [-0.15, -0.1) is 0 Å². The minimum absolute atomic E-state index is 0.0894. The first kappa shape index (κ1) is 19.5. The maximum absolute atomic E-state index is 12.0. The van der Waals surface area contributed by atoms with Gasteiger partial charge in [-0.05, 0) is 17.7 Å². The summed E-state index contributed by atoms with van der Waals surface area (Å²) in [6, 6.07) is 11.8. The van der Waals surface area contributed by atoms with Crippen LogP contribution in [-0.4, -0.2) is 47.3 Å². The van der Waals surface area contributed by atoms with E-state index < -0.39 is 16.1 Å². The SMILES string of the molecule is O=C(NCCNS(=O)(=O)Cc1ccccc1)Nc1ccc(-n2cncn2)nc1. The minimum Gasteiger partial charge on any atom is -0.337 e. The van der Waals surface area contributed by atoms with Gasteiger partial charge in [0.05, 0.1) is 17.6 Å². The van der Waals surface area contributed by atoms with Crippen LogP contribution in [0.5, 0.6) is 0 Å². The van der Waals surface area contributed by atoms with Crippen molar-refractivity contribution in [3.63, 3.8) is 0 Å². The van der Waals surface area contributed by atoms with E-state index in [4.69, 9.17) is 0 Å². The van der Waals surface area contributed by atoms with Crippen LogP contribution in [0, 0.1) is 0 Å². The third-order valence-electron chi connectivity index (χ3n) is 3.59. The average Bonchev–Trinajstić information content (AvgIpc) is 3.21. The number of benzene rings is 1.